The van der Waals surface area contributed by atoms with E-state index in [1.165, 1.54) is 12.1 Å². The maximum atomic E-state index is 10.5. The quantitative estimate of drug-likeness (QED) is 0.647. The Kier molecular flexibility index (Phi) is 3.24. The summed E-state index contributed by atoms with van der Waals surface area (Å²) < 4.78 is 0. The van der Waals surface area contributed by atoms with Crippen molar-refractivity contribution in [1.82, 2.24) is 9.97 Å². The Balaban J connectivity index is 2.09. The lowest BCUT2D eigenvalue weighted by molar-refractivity contribution is -0.384. The second-order valence-electron chi connectivity index (χ2n) is 3.31. The second kappa shape index (κ2) is 4.84. The number of nitro benzene ring substituents is 1. The maximum Gasteiger partial charge on any atom is 0.271 e. The Morgan fingerprint density at radius 3 is 2.94 bits per heavy atom. The minimum absolute atomic E-state index is 0.0291. The summed E-state index contributed by atoms with van der Waals surface area (Å²) in [7, 11) is 0. The van der Waals surface area contributed by atoms with Crippen LogP contribution in [0.3, 0.4) is 0 Å². The van der Waals surface area contributed by atoms with Gasteiger partial charge in [-0.2, -0.15) is 0 Å². The lowest BCUT2D eigenvalue weighted by atomic mass is 10.3. The Hall–Kier alpha value is -2.08. The SMILES string of the molecule is O=[N+]([O-])c1ccc(NCc2ncc[nH]2)c(Cl)c1. The number of non-ortho nitro benzene ring substituents is 1. The summed E-state index contributed by atoms with van der Waals surface area (Å²) in [5.74, 6) is 0.763. The van der Waals surface area contributed by atoms with E-state index in [0.29, 0.717) is 17.3 Å². The first kappa shape index (κ1) is 11.4. The van der Waals surface area contributed by atoms with Gasteiger partial charge >= 0.3 is 0 Å². The molecule has 0 saturated carbocycles. The molecule has 0 unspecified atom stereocenters. The molecule has 6 nitrogen and oxygen atoms in total. The van der Waals surface area contributed by atoms with E-state index in [0.717, 1.165) is 5.82 Å². The summed E-state index contributed by atoms with van der Waals surface area (Å²) in [6.45, 7) is 0.477. The Labute approximate surface area is 102 Å². The van der Waals surface area contributed by atoms with Crippen LogP contribution in [0.1, 0.15) is 5.82 Å². The number of H-pyrrole nitrogens is 1. The van der Waals surface area contributed by atoms with Gasteiger partial charge in [0, 0.05) is 24.5 Å². The maximum absolute atomic E-state index is 10.5. The van der Waals surface area contributed by atoms with Crippen LogP contribution in [0.15, 0.2) is 30.6 Å². The molecule has 0 radical (unpaired) electrons. The number of halogens is 1. The monoisotopic (exact) mass is 252 g/mol. The van der Waals surface area contributed by atoms with Crippen molar-refractivity contribution in [3.8, 4) is 0 Å². The summed E-state index contributed by atoms with van der Waals surface area (Å²) in [6, 6.07) is 4.28. The van der Waals surface area contributed by atoms with Crippen LogP contribution >= 0.6 is 11.6 Å². The Morgan fingerprint density at radius 2 is 2.35 bits per heavy atom. The van der Waals surface area contributed by atoms with Crippen molar-refractivity contribution in [1.29, 1.82) is 0 Å². The van der Waals surface area contributed by atoms with E-state index < -0.39 is 4.92 Å². The van der Waals surface area contributed by atoms with E-state index in [9.17, 15) is 10.1 Å². The average molecular weight is 253 g/mol. The third kappa shape index (κ3) is 2.73. The van der Waals surface area contributed by atoms with Crippen LogP contribution in [0.4, 0.5) is 11.4 Å². The molecule has 1 heterocycles. The fourth-order valence-electron chi connectivity index (χ4n) is 1.33. The minimum Gasteiger partial charge on any atom is -0.377 e. The number of benzene rings is 1. The highest BCUT2D eigenvalue weighted by Crippen LogP contribution is 2.26. The molecular formula is C10H9ClN4O2. The number of rotatable bonds is 4. The Bertz CT molecular complexity index is 527. The van der Waals surface area contributed by atoms with Crippen molar-refractivity contribution in [2.75, 3.05) is 5.32 Å². The zero-order chi connectivity index (χ0) is 12.3. The lowest BCUT2D eigenvalue weighted by Gasteiger charge is -2.06. The van der Waals surface area contributed by atoms with Gasteiger partial charge in [-0.05, 0) is 6.07 Å². The standard InChI is InChI=1S/C10H9ClN4O2/c11-8-5-7(15(16)17)1-2-9(8)14-6-10-12-3-4-13-10/h1-5,14H,6H2,(H,12,13). The summed E-state index contributed by atoms with van der Waals surface area (Å²) in [5, 5.41) is 13.9. The molecule has 0 aliphatic rings. The molecule has 2 aromatic rings. The van der Waals surface area contributed by atoms with Gasteiger partial charge in [-0.25, -0.2) is 4.98 Å². The molecule has 0 aliphatic heterocycles. The van der Waals surface area contributed by atoms with Crippen LogP contribution in [-0.2, 0) is 6.54 Å². The molecule has 7 heteroatoms. The highest BCUT2D eigenvalue weighted by atomic mass is 35.5. The predicted molar refractivity (Wildman–Crippen MR) is 64.0 cm³/mol. The molecule has 0 saturated heterocycles. The van der Waals surface area contributed by atoms with E-state index in [1.54, 1.807) is 18.5 Å². The molecular weight excluding hydrogens is 244 g/mol. The molecule has 2 N–H and O–H groups in total. The number of nitrogens with one attached hydrogen (secondary N) is 2. The van der Waals surface area contributed by atoms with Crippen molar-refractivity contribution in [2.45, 2.75) is 6.54 Å². The summed E-state index contributed by atoms with van der Waals surface area (Å²) in [6.07, 6.45) is 3.36. The van der Waals surface area contributed by atoms with Crippen molar-refractivity contribution >= 4 is 23.0 Å². The first-order valence-electron chi connectivity index (χ1n) is 4.83. The van der Waals surface area contributed by atoms with Crippen molar-refractivity contribution in [3.05, 3.63) is 51.6 Å². The van der Waals surface area contributed by atoms with Crippen LogP contribution in [0.5, 0.6) is 0 Å². The molecule has 0 bridgehead atoms. The summed E-state index contributed by atoms with van der Waals surface area (Å²) in [4.78, 5) is 17.0. The smallest absolute Gasteiger partial charge is 0.271 e. The van der Waals surface area contributed by atoms with Gasteiger partial charge in [-0.3, -0.25) is 10.1 Å². The van der Waals surface area contributed by atoms with Gasteiger partial charge < -0.3 is 10.3 Å². The number of imidazole rings is 1. The highest BCUT2D eigenvalue weighted by Gasteiger charge is 2.09. The fourth-order valence-corrected chi connectivity index (χ4v) is 1.58. The molecule has 0 spiro atoms. The second-order valence-corrected chi connectivity index (χ2v) is 3.72. The fraction of sp³-hybridized carbons (Fsp3) is 0.100. The molecule has 1 aromatic carbocycles. The molecule has 17 heavy (non-hydrogen) atoms. The van der Waals surface area contributed by atoms with E-state index in [-0.39, 0.29) is 5.69 Å². The number of hydrogen-bond acceptors (Lipinski definition) is 4. The summed E-state index contributed by atoms with van der Waals surface area (Å²) in [5.41, 5.74) is 0.604. The van der Waals surface area contributed by atoms with E-state index in [1.807, 2.05) is 0 Å². The van der Waals surface area contributed by atoms with Crippen LogP contribution in [0.2, 0.25) is 5.02 Å². The van der Waals surface area contributed by atoms with Crippen molar-refractivity contribution in [2.24, 2.45) is 0 Å². The minimum atomic E-state index is -0.484. The zero-order valence-corrected chi connectivity index (χ0v) is 9.44. The molecule has 88 valence electrons. The number of aromatic amines is 1. The largest absolute Gasteiger partial charge is 0.377 e. The van der Waals surface area contributed by atoms with E-state index in [2.05, 4.69) is 15.3 Å². The first-order valence-corrected chi connectivity index (χ1v) is 5.20. The lowest BCUT2D eigenvalue weighted by Crippen LogP contribution is -2.01. The first-order chi connectivity index (χ1) is 8.16. The average Bonchev–Trinajstić information content (AvgIpc) is 2.80. The van der Waals surface area contributed by atoms with Gasteiger partial charge in [0.05, 0.1) is 22.2 Å². The van der Waals surface area contributed by atoms with Gasteiger partial charge in [0.1, 0.15) is 5.82 Å². The number of aromatic nitrogens is 2. The predicted octanol–water partition coefficient (Wildman–Crippen LogP) is 2.58. The number of anilines is 1. The van der Waals surface area contributed by atoms with Crippen LogP contribution < -0.4 is 5.32 Å². The zero-order valence-electron chi connectivity index (χ0n) is 8.68. The van der Waals surface area contributed by atoms with Gasteiger partial charge in [0.25, 0.3) is 5.69 Å². The van der Waals surface area contributed by atoms with E-state index in [4.69, 9.17) is 11.6 Å². The third-order valence-electron chi connectivity index (χ3n) is 2.16. The van der Waals surface area contributed by atoms with Crippen LogP contribution in [0.25, 0.3) is 0 Å². The number of hydrogen-bond donors (Lipinski definition) is 2. The summed E-state index contributed by atoms with van der Waals surface area (Å²) >= 11 is 5.92. The normalized spacial score (nSPS) is 10.2. The molecule has 2 rings (SSSR count). The van der Waals surface area contributed by atoms with Crippen molar-refractivity contribution in [3.63, 3.8) is 0 Å². The Morgan fingerprint density at radius 1 is 1.53 bits per heavy atom. The molecule has 0 atom stereocenters. The third-order valence-corrected chi connectivity index (χ3v) is 2.48. The highest BCUT2D eigenvalue weighted by molar-refractivity contribution is 6.33. The van der Waals surface area contributed by atoms with Crippen molar-refractivity contribution < 1.29 is 4.92 Å². The van der Waals surface area contributed by atoms with Gasteiger partial charge in [0.2, 0.25) is 0 Å². The van der Waals surface area contributed by atoms with Gasteiger partial charge in [0.15, 0.2) is 0 Å². The van der Waals surface area contributed by atoms with E-state index >= 15 is 0 Å². The molecule has 0 fully saturated rings. The number of nitrogens with zero attached hydrogens (tertiary/aromatic N) is 2. The van der Waals surface area contributed by atoms with Crippen LogP contribution in [-0.4, -0.2) is 14.9 Å². The van der Waals surface area contributed by atoms with Gasteiger partial charge in [-0.15, -0.1) is 0 Å². The number of nitro groups is 1. The molecule has 1 aromatic heterocycles. The van der Waals surface area contributed by atoms with Crippen LogP contribution in [0, 0.1) is 10.1 Å². The molecule has 0 aliphatic carbocycles. The molecule has 0 amide bonds. The van der Waals surface area contributed by atoms with Gasteiger partial charge in [-0.1, -0.05) is 11.6 Å². The topological polar surface area (TPSA) is 83.8 Å².